The Labute approximate surface area is 198 Å². The van der Waals surface area contributed by atoms with E-state index < -0.39 is 16.9 Å². The third-order valence-corrected chi connectivity index (χ3v) is 12.2. The molecule has 0 radical (unpaired) electrons. The van der Waals surface area contributed by atoms with Gasteiger partial charge in [-0.1, -0.05) is 114 Å². The second-order valence-corrected chi connectivity index (χ2v) is 19.3. The minimum atomic E-state index is -1.53. The molecule has 2 aromatic carbocycles. The summed E-state index contributed by atoms with van der Waals surface area (Å²) in [5, 5.41) is 4.82. The van der Waals surface area contributed by atoms with Crippen LogP contribution < -0.4 is 10.4 Å². The van der Waals surface area contributed by atoms with Crippen molar-refractivity contribution in [3.05, 3.63) is 105 Å². The zero-order valence-electron chi connectivity index (χ0n) is 20.9. The molecule has 0 fully saturated rings. The van der Waals surface area contributed by atoms with Gasteiger partial charge in [-0.05, 0) is 61.1 Å². The van der Waals surface area contributed by atoms with Gasteiger partial charge < -0.3 is 0 Å². The molecule has 0 bridgehead atoms. The lowest BCUT2D eigenvalue weighted by atomic mass is 9.89. The molecule has 2 aromatic rings. The summed E-state index contributed by atoms with van der Waals surface area (Å²) in [6.45, 7) is 17.0. The first kappa shape index (κ1) is 23.0. The smallest absolute Gasteiger partial charge is 0.0773 e. The molecular formula is C30H38Si2. The van der Waals surface area contributed by atoms with E-state index >= 15 is 0 Å². The fraction of sp³-hybridized carbons (Fsp3) is 0.333. The van der Waals surface area contributed by atoms with Gasteiger partial charge in [0.1, 0.15) is 8.80 Å². The van der Waals surface area contributed by atoms with Crippen molar-refractivity contribution < 1.29 is 0 Å². The van der Waals surface area contributed by atoms with Crippen molar-refractivity contribution in [2.24, 2.45) is 5.92 Å². The average molecular weight is 455 g/mol. The minimum Gasteiger partial charge on any atom is -0.0773 e. The van der Waals surface area contributed by atoms with Crippen LogP contribution in [0.4, 0.5) is 0 Å². The molecule has 0 spiro atoms. The minimum absolute atomic E-state index is 0.518. The van der Waals surface area contributed by atoms with Crippen LogP contribution in [0, 0.1) is 5.92 Å². The first-order valence-electron chi connectivity index (χ1n) is 12.1. The van der Waals surface area contributed by atoms with E-state index in [9.17, 15) is 0 Å². The first-order valence-corrected chi connectivity index (χ1v) is 17.5. The van der Waals surface area contributed by atoms with Crippen LogP contribution in [-0.4, -0.2) is 16.9 Å². The highest BCUT2D eigenvalue weighted by Crippen LogP contribution is 2.47. The topological polar surface area (TPSA) is 0 Å². The Bertz CT molecular complexity index is 1080. The maximum Gasteiger partial charge on any atom is 0.129 e. The predicted molar refractivity (Wildman–Crippen MR) is 147 cm³/mol. The van der Waals surface area contributed by atoms with Gasteiger partial charge in [0.05, 0.1) is 0 Å². The summed E-state index contributed by atoms with van der Waals surface area (Å²) in [5.41, 5.74) is 9.52. The second kappa shape index (κ2) is 8.99. The SMILES string of the molecule is CC1=C(C)C(C)C(C2=C([SiH](c3ccccc3)c3ccccc3)CC=C2C[Si](C)(C)C)=C1C. The summed E-state index contributed by atoms with van der Waals surface area (Å²) in [6, 6.07) is 24.0. The summed E-state index contributed by atoms with van der Waals surface area (Å²) in [5.74, 6) is 0.518. The van der Waals surface area contributed by atoms with Gasteiger partial charge in [-0.3, -0.25) is 0 Å². The molecule has 0 saturated carbocycles. The molecule has 1 atom stereocenters. The maximum atomic E-state index is 2.60. The fourth-order valence-corrected chi connectivity index (χ4v) is 10.5. The van der Waals surface area contributed by atoms with Crippen LogP contribution in [0.2, 0.25) is 25.7 Å². The van der Waals surface area contributed by atoms with Crippen LogP contribution in [0.3, 0.4) is 0 Å². The van der Waals surface area contributed by atoms with Crippen molar-refractivity contribution in [3.8, 4) is 0 Å². The molecule has 2 aliphatic rings. The molecule has 0 N–H and O–H groups in total. The molecule has 0 aliphatic heterocycles. The van der Waals surface area contributed by atoms with Crippen molar-refractivity contribution in [2.45, 2.75) is 59.8 Å². The van der Waals surface area contributed by atoms with E-state index in [-0.39, 0.29) is 0 Å². The monoisotopic (exact) mass is 454 g/mol. The van der Waals surface area contributed by atoms with Gasteiger partial charge in [-0.25, -0.2) is 0 Å². The van der Waals surface area contributed by atoms with Crippen molar-refractivity contribution >= 4 is 27.2 Å². The van der Waals surface area contributed by atoms with Crippen molar-refractivity contribution in [2.75, 3.05) is 0 Å². The lowest BCUT2D eigenvalue weighted by molar-refractivity contribution is 0.824. The van der Waals surface area contributed by atoms with E-state index in [2.05, 4.69) is 114 Å². The summed E-state index contributed by atoms with van der Waals surface area (Å²) >= 11 is 0. The molecule has 4 rings (SSSR count). The van der Waals surface area contributed by atoms with Gasteiger partial charge in [-0.15, -0.1) is 0 Å². The quantitative estimate of drug-likeness (QED) is 0.419. The predicted octanol–water partition coefficient (Wildman–Crippen LogP) is 6.83. The van der Waals surface area contributed by atoms with Crippen LogP contribution in [-0.2, 0) is 0 Å². The summed E-state index contributed by atoms with van der Waals surface area (Å²) in [7, 11) is -2.77. The molecule has 32 heavy (non-hydrogen) atoms. The average Bonchev–Trinajstić information content (AvgIpc) is 3.22. The van der Waals surface area contributed by atoms with Gasteiger partial charge >= 0.3 is 0 Å². The summed E-state index contributed by atoms with van der Waals surface area (Å²) in [6.07, 6.45) is 3.72. The van der Waals surface area contributed by atoms with E-state index in [1.807, 2.05) is 0 Å². The molecule has 0 saturated heterocycles. The molecule has 2 aliphatic carbocycles. The third kappa shape index (κ3) is 4.36. The highest BCUT2D eigenvalue weighted by molar-refractivity contribution is 6.91. The Kier molecular flexibility index (Phi) is 6.47. The van der Waals surface area contributed by atoms with Crippen LogP contribution in [0.15, 0.2) is 105 Å². The number of benzene rings is 2. The van der Waals surface area contributed by atoms with Crippen LogP contribution in [0.1, 0.15) is 34.1 Å². The van der Waals surface area contributed by atoms with Gasteiger partial charge in [-0.2, -0.15) is 0 Å². The van der Waals surface area contributed by atoms with Crippen LogP contribution in [0.5, 0.6) is 0 Å². The standard InChI is InChI=1S/C30H38Si2/c1-21-22(2)24(4)29(23(21)3)30-25(20-32(5,6)7)18-19-28(30)31(26-14-10-8-11-15-26)27-16-12-9-13-17-27/h8-18,23,31H,19-20H2,1-7H3. The Morgan fingerprint density at radius 1 is 0.812 bits per heavy atom. The number of allylic oxidation sites excluding steroid dienone is 8. The highest BCUT2D eigenvalue weighted by Gasteiger charge is 2.36. The molecule has 0 amide bonds. The third-order valence-electron chi connectivity index (χ3n) is 7.46. The zero-order chi connectivity index (χ0) is 23.0. The largest absolute Gasteiger partial charge is 0.129 e. The van der Waals surface area contributed by atoms with E-state index in [1.54, 1.807) is 37.9 Å². The maximum absolute atomic E-state index is 2.60. The van der Waals surface area contributed by atoms with Crippen molar-refractivity contribution in [3.63, 3.8) is 0 Å². The number of hydrogen-bond acceptors (Lipinski definition) is 0. The Balaban J connectivity index is 1.96. The molecular weight excluding hydrogens is 417 g/mol. The van der Waals surface area contributed by atoms with Crippen molar-refractivity contribution in [1.29, 1.82) is 0 Å². The van der Waals surface area contributed by atoms with Gasteiger partial charge in [0, 0.05) is 14.0 Å². The van der Waals surface area contributed by atoms with E-state index in [4.69, 9.17) is 0 Å². The summed E-state index contributed by atoms with van der Waals surface area (Å²) in [4.78, 5) is 0. The van der Waals surface area contributed by atoms with E-state index in [0.717, 1.165) is 6.42 Å². The molecule has 0 nitrogen and oxygen atoms in total. The van der Waals surface area contributed by atoms with Gasteiger partial charge in [0.15, 0.2) is 0 Å². The van der Waals surface area contributed by atoms with Gasteiger partial charge in [0.2, 0.25) is 0 Å². The number of hydrogen-bond donors (Lipinski definition) is 0. The Morgan fingerprint density at radius 2 is 1.34 bits per heavy atom. The molecule has 0 aromatic heterocycles. The Morgan fingerprint density at radius 3 is 1.78 bits per heavy atom. The molecule has 1 unspecified atom stereocenters. The number of rotatable bonds is 6. The van der Waals surface area contributed by atoms with Crippen LogP contribution >= 0.6 is 0 Å². The Hall–Kier alpha value is -2.17. The lowest BCUT2D eigenvalue weighted by Gasteiger charge is -2.27. The normalized spacial score (nSPS) is 19.5. The van der Waals surface area contributed by atoms with Gasteiger partial charge in [0.25, 0.3) is 0 Å². The van der Waals surface area contributed by atoms with E-state index in [0.29, 0.717) is 5.92 Å². The highest BCUT2D eigenvalue weighted by atomic mass is 28.3. The molecule has 2 heteroatoms. The fourth-order valence-electron chi connectivity index (χ4n) is 5.64. The molecule has 166 valence electrons. The van der Waals surface area contributed by atoms with Crippen LogP contribution in [0.25, 0.3) is 0 Å². The second-order valence-electron chi connectivity index (χ2n) is 10.9. The summed E-state index contributed by atoms with van der Waals surface area (Å²) < 4.78 is 0. The van der Waals surface area contributed by atoms with Crippen molar-refractivity contribution in [1.82, 2.24) is 0 Å². The lowest BCUT2D eigenvalue weighted by Crippen LogP contribution is -2.44. The first-order chi connectivity index (χ1) is 15.2. The zero-order valence-corrected chi connectivity index (χ0v) is 23.1. The van der Waals surface area contributed by atoms with E-state index in [1.165, 1.54) is 17.2 Å². The molecule has 0 heterocycles.